The molecule has 0 atom stereocenters. The molecule has 2 heterocycles. The molecule has 0 aliphatic rings. The van der Waals surface area contributed by atoms with Crippen molar-refractivity contribution < 1.29 is 4.79 Å². The van der Waals surface area contributed by atoms with E-state index in [9.17, 15) is 4.79 Å². The fourth-order valence-corrected chi connectivity index (χ4v) is 3.58. The fraction of sp³-hybridized carbons (Fsp3) is 0.394. The van der Waals surface area contributed by atoms with Gasteiger partial charge in [-0.05, 0) is 69.4 Å². The zero-order valence-corrected chi connectivity index (χ0v) is 25.1. The van der Waals surface area contributed by atoms with E-state index in [4.69, 9.17) is 0 Å². The summed E-state index contributed by atoms with van der Waals surface area (Å²) >= 11 is 0. The summed E-state index contributed by atoms with van der Waals surface area (Å²) in [4.78, 5) is 21.3. The van der Waals surface area contributed by atoms with Gasteiger partial charge in [-0.2, -0.15) is 5.10 Å². The number of H-pyrrole nitrogens is 2. The van der Waals surface area contributed by atoms with E-state index >= 15 is 0 Å². The highest BCUT2D eigenvalue weighted by molar-refractivity contribution is 5.97. The summed E-state index contributed by atoms with van der Waals surface area (Å²) < 4.78 is 0. The molecule has 0 saturated carbocycles. The van der Waals surface area contributed by atoms with Crippen molar-refractivity contribution in [3.63, 3.8) is 0 Å². The van der Waals surface area contributed by atoms with Crippen LogP contribution in [0.25, 0.3) is 10.9 Å². The Kier molecular flexibility index (Phi) is 16.4. The van der Waals surface area contributed by atoms with E-state index in [0.717, 1.165) is 17.6 Å². The van der Waals surface area contributed by atoms with Gasteiger partial charge in [-0.1, -0.05) is 75.6 Å². The minimum absolute atomic E-state index is 0.104. The van der Waals surface area contributed by atoms with Crippen molar-refractivity contribution >= 4 is 22.4 Å². The molecule has 210 valence electrons. The van der Waals surface area contributed by atoms with Crippen LogP contribution in [-0.2, 0) is 12.8 Å². The highest BCUT2D eigenvalue weighted by atomic mass is 16.1. The molecule has 0 unspecified atom stereocenters. The maximum absolute atomic E-state index is 10.8. The average molecular weight is 530 g/mol. The molecule has 2 aromatic heterocycles. The monoisotopic (exact) mass is 529 g/mol. The molecule has 0 radical (unpaired) electrons. The van der Waals surface area contributed by atoms with Crippen molar-refractivity contribution in [1.29, 1.82) is 0 Å². The maximum atomic E-state index is 10.8. The van der Waals surface area contributed by atoms with Crippen LogP contribution in [0.5, 0.6) is 0 Å². The van der Waals surface area contributed by atoms with E-state index < -0.39 is 0 Å². The number of rotatable bonds is 7. The van der Waals surface area contributed by atoms with Crippen molar-refractivity contribution in [2.24, 2.45) is 4.99 Å². The molecule has 6 heteroatoms. The summed E-state index contributed by atoms with van der Waals surface area (Å²) in [5, 5.41) is 8.13. The van der Waals surface area contributed by atoms with Gasteiger partial charge in [-0.3, -0.25) is 14.9 Å². The number of ketones is 1. The number of hydrogen-bond donors (Lipinski definition) is 2. The average Bonchev–Trinajstić information content (AvgIpc) is 3.66. The molecule has 2 N–H and O–H groups in total. The lowest BCUT2D eigenvalue weighted by Gasteiger charge is -1.97. The number of nitrogens with zero attached hydrogens (tertiary/aromatic N) is 3. The Bertz CT molecular complexity index is 1270. The number of hydrogen-bond acceptors (Lipinski definition) is 4. The van der Waals surface area contributed by atoms with Crippen LogP contribution >= 0.6 is 0 Å². The number of allylic oxidation sites excluding steroid dienone is 2. The normalized spacial score (nSPS) is 11.0. The van der Waals surface area contributed by atoms with Gasteiger partial charge in [-0.15, -0.1) is 0 Å². The number of benzene rings is 2. The quantitative estimate of drug-likeness (QED) is 0.186. The second-order valence-electron chi connectivity index (χ2n) is 9.30. The lowest BCUT2D eigenvalue weighted by atomic mass is 10.1. The molecule has 0 bridgehead atoms. The zero-order valence-electron chi connectivity index (χ0n) is 25.1. The van der Waals surface area contributed by atoms with Gasteiger partial charge in [0.25, 0.3) is 0 Å². The van der Waals surface area contributed by atoms with Crippen LogP contribution in [0, 0.1) is 6.92 Å². The zero-order chi connectivity index (χ0) is 29.0. The first kappa shape index (κ1) is 33.2. The van der Waals surface area contributed by atoms with Crippen LogP contribution in [0.3, 0.4) is 0 Å². The van der Waals surface area contributed by atoms with Crippen LogP contribution in [0.4, 0.5) is 0 Å². The number of carbonyl (C=O) groups excluding carboxylic acids is 1. The highest BCUT2D eigenvalue weighted by Crippen LogP contribution is 2.13. The molecule has 4 rings (SSSR count). The molecule has 0 spiro atoms. The van der Waals surface area contributed by atoms with E-state index in [1.807, 2.05) is 34.0 Å². The number of fused-ring (bicyclic) bond motifs is 1. The highest BCUT2D eigenvalue weighted by Gasteiger charge is 2.01. The molecule has 0 aliphatic heterocycles. The van der Waals surface area contributed by atoms with Crippen LogP contribution < -0.4 is 0 Å². The number of aromatic nitrogens is 4. The molecule has 0 aliphatic carbocycles. The maximum Gasteiger partial charge on any atom is 0.180 e. The minimum Gasteiger partial charge on any atom is -0.342 e. The summed E-state index contributed by atoms with van der Waals surface area (Å²) in [7, 11) is 1.81. The van der Waals surface area contributed by atoms with Gasteiger partial charge < -0.3 is 4.98 Å². The van der Waals surface area contributed by atoms with Crippen molar-refractivity contribution in [2.45, 2.75) is 80.6 Å². The van der Waals surface area contributed by atoms with Crippen LogP contribution in [-0.4, -0.2) is 38.7 Å². The molecule has 0 fully saturated rings. The van der Waals surface area contributed by atoms with Gasteiger partial charge >= 0.3 is 0 Å². The predicted octanol–water partition coefficient (Wildman–Crippen LogP) is 8.51. The Morgan fingerprint density at radius 1 is 0.974 bits per heavy atom. The standard InChI is InChI=1S/C10H12N2.C10H14.C7H13N.C6H8N2O/c1-2-3-8-4-5-10-9(6-8)7-11-12-10;1-3-5-10-7-4-6-9(2)8-10;1-5-6(2)7(3)8-4;1-2-6(9)5-3-7-4-8-5/h4-7H,2-3H2,1H3,(H,11,12);4,6-8H,3,5H2,1-2H3;5H,1-4H3;3-4H,2H2,1H3,(H,7,8)/b;;6-5-,8-7?;. The third-order valence-electron chi connectivity index (χ3n) is 6.12. The van der Waals surface area contributed by atoms with E-state index in [-0.39, 0.29) is 5.78 Å². The molecular formula is C33H47N5O. The topological polar surface area (TPSA) is 86.8 Å². The smallest absolute Gasteiger partial charge is 0.180 e. The Labute approximate surface area is 235 Å². The molecule has 4 aromatic rings. The van der Waals surface area contributed by atoms with Gasteiger partial charge in [0.15, 0.2) is 5.78 Å². The fourth-order valence-electron chi connectivity index (χ4n) is 3.58. The molecule has 6 nitrogen and oxygen atoms in total. The van der Waals surface area contributed by atoms with Crippen molar-refractivity contribution in [2.75, 3.05) is 7.05 Å². The summed E-state index contributed by atoms with van der Waals surface area (Å²) in [5.74, 6) is 0.104. The third kappa shape index (κ3) is 13.0. The molecule has 0 saturated heterocycles. The Morgan fingerprint density at radius 2 is 1.67 bits per heavy atom. The molecule has 39 heavy (non-hydrogen) atoms. The van der Waals surface area contributed by atoms with Crippen LogP contribution in [0.2, 0.25) is 0 Å². The summed E-state index contributed by atoms with van der Waals surface area (Å²) in [5.41, 5.74) is 8.31. The Hall–Kier alpha value is -3.80. The number of aliphatic imine (C=N–C) groups is 1. The van der Waals surface area contributed by atoms with E-state index in [1.54, 1.807) is 0 Å². The second-order valence-corrected chi connectivity index (χ2v) is 9.30. The van der Waals surface area contributed by atoms with Gasteiger partial charge in [0.2, 0.25) is 0 Å². The summed E-state index contributed by atoms with van der Waals surface area (Å²) in [6, 6.07) is 15.2. The lowest BCUT2D eigenvalue weighted by Crippen LogP contribution is -1.95. The number of carbonyl (C=O) groups is 1. The van der Waals surface area contributed by atoms with Gasteiger partial charge in [-0.25, -0.2) is 4.98 Å². The SMILES string of the molecule is C/C=C(/C)C(C)=NC.CCC(=O)c1cnc[nH]1.CCCc1ccc2[nH]ncc2c1.CCCc1cccc(C)c1. The first-order valence-electron chi connectivity index (χ1n) is 13.8. The number of imidazole rings is 1. The van der Waals surface area contributed by atoms with Gasteiger partial charge in [0, 0.05) is 24.6 Å². The predicted molar refractivity (Wildman–Crippen MR) is 167 cm³/mol. The van der Waals surface area contributed by atoms with Gasteiger partial charge in [0.1, 0.15) is 5.69 Å². The summed E-state index contributed by atoms with van der Waals surface area (Å²) in [6.07, 6.45) is 12.3. The number of nitrogens with one attached hydrogen (secondary N) is 2. The Morgan fingerprint density at radius 3 is 2.18 bits per heavy atom. The first-order valence-corrected chi connectivity index (χ1v) is 13.8. The van der Waals surface area contributed by atoms with E-state index in [0.29, 0.717) is 12.1 Å². The van der Waals surface area contributed by atoms with Crippen molar-refractivity contribution in [1.82, 2.24) is 20.2 Å². The third-order valence-corrected chi connectivity index (χ3v) is 6.12. The molecule has 2 aromatic carbocycles. The number of Topliss-reactive ketones (excluding diaryl/α,β-unsaturated/α-hetero) is 1. The van der Waals surface area contributed by atoms with E-state index in [2.05, 4.69) is 101 Å². The second kappa shape index (κ2) is 19.3. The van der Waals surface area contributed by atoms with Crippen LogP contribution in [0.15, 0.2) is 77.8 Å². The van der Waals surface area contributed by atoms with Crippen molar-refractivity contribution in [3.05, 3.63) is 95.2 Å². The minimum atomic E-state index is 0.104. The first-order chi connectivity index (χ1) is 18.8. The number of aryl methyl sites for hydroxylation is 3. The lowest BCUT2D eigenvalue weighted by molar-refractivity contribution is 0.0984. The van der Waals surface area contributed by atoms with Gasteiger partial charge in [0.05, 0.1) is 24.2 Å². The largest absolute Gasteiger partial charge is 0.342 e. The van der Waals surface area contributed by atoms with Crippen molar-refractivity contribution in [3.8, 4) is 0 Å². The number of aromatic amines is 2. The van der Waals surface area contributed by atoms with E-state index in [1.165, 1.54) is 59.4 Å². The Balaban J connectivity index is 0.000000264. The van der Waals surface area contributed by atoms with Crippen LogP contribution in [0.1, 0.15) is 88.0 Å². The molecular weight excluding hydrogens is 482 g/mol. The summed E-state index contributed by atoms with van der Waals surface area (Å²) in [6.45, 7) is 14.5. The molecule has 0 amide bonds.